The van der Waals surface area contributed by atoms with Gasteiger partial charge in [-0.2, -0.15) is 0 Å². The van der Waals surface area contributed by atoms with E-state index >= 15 is 0 Å². The van der Waals surface area contributed by atoms with Gasteiger partial charge in [-0.25, -0.2) is 0 Å². The van der Waals surface area contributed by atoms with Crippen LogP contribution in [0.3, 0.4) is 0 Å². The average molecular weight is 246 g/mol. The van der Waals surface area contributed by atoms with Gasteiger partial charge in [0, 0.05) is 6.54 Å². The third-order valence-electron chi connectivity index (χ3n) is 4.33. The number of para-hydroxylation sites is 1. The molecule has 2 fully saturated rings. The number of nitrogens with one attached hydrogen (secondary N) is 1. The molecule has 0 radical (unpaired) electrons. The zero-order chi connectivity index (χ0) is 12.6. The molecule has 0 spiro atoms. The van der Waals surface area contributed by atoms with Crippen molar-refractivity contribution in [3.05, 3.63) is 18.2 Å². The zero-order valence-corrected chi connectivity index (χ0v) is 11.0. The second-order valence-corrected chi connectivity index (χ2v) is 5.64. The minimum atomic E-state index is 0.591. The molecule has 1 aromatic carbocycles. The number of nitrogens with two attached hydrogens (primary N) is 1. The highest BCUT2D eigenvalue weighted by atomic mass is 16.5. The van der Waals surface area contributed by atoms with E-state index in [0.717, 1.165) is 29.6 Å². The topological polar surface area (TPSA) is 47.3 Å². The number of ether oxygens (including phenoxy) is 1. The summed E-state index contributed by atoms with van der Waals surface area (Å²) in [5, 5.41) is 3.53. The maximum absolute atomic E-state index is 6.12. The second-order valence-electron chi connectivity index (χ2n) is 5.64. The van der Waals surface area contributed by atoms with Crippen LogP contribution in [0.2, 0.25) is 0 Å². The lowest BCUT2D eigenvalue weighted by Gasteiger charge is -2.18. The number of rotatable bonds is 6. The molecule has 18 heavy (non-hydrogen) atoms. The Balaban J connectivity index is 1.67. The standard InChI is InChI=1S/C15H22N2O/c1-2-18-13-5-3-4-12(14(13)16)17-10-15(8-9-15)11-6-7-11/h3-5,11,17H,2,6-10,16H2,1H3. The van der Waals surface area contributed by atoms with Gasteiger partial charge in [-0.15, -0.1) is 0 Å². The fourth-order valence-corrected chi connectivity index (χ4v) is 2.84. The van der Waals surface area contributed by atoms with Crippen LogP contribution in [0.5, 0.6) is 5.75 Å². The molecule has 0 bridgehead atoms. The minimum absolute atomic E-state index is 0.591. The van der Waals surface area contributed by atoms with Crippen molar-refractivity contribution < 1.29 is 4.74 Å². The lowest BCUT2D eigenvalue weighted by molar-refractivity contribution is 0.342. The number of hydrogen-bond donors (Lipinski definition) is 2. The van der Waals surface area contributed by atoms with Crippen LogP contribution in [0, 0.1) is 11.3 Å². The highest BCUT2D eigenvalue weighted by Crippen LogP contribution is 2.61. The van der Waals surface area contributed by atoms with Gasteiger partial charge in [-0.1, -0.05) is 6.07 Å². The molecule has 0 heterocycles. The quantitative estimate of drug-likeness (QED) is 0.757. The fourth-order valence-electron chi connectivity index (χ4n) is 2.84. The molecular weight excluding hydrogens is 224 g/mol. The number of anilines is 2. The highest BCUT2D eigenvalue weighted by molar-refractivity contribution is 5.73. The summed E-state index contributed by atoms with van der Waals surface area (Å²) in [6, 6.07) is 5.97. The van der Waals surface area contributed by atoms with Gasteiger partial charge in [-0.05, 0) is 56.1 Å². The molecule has 0 aromatic heterocycles. The average Bonchev–Trinajstić information content (AvgIpc) is 3.24. The van der Waals surface area contributed by atoms with E-state index in [1.807, 2.05) is 25.1 Å². The van der Waals surface area contributed by atoms with Crippen molar-refractivity contribution in [3.8, 4) is 5.75 Å². The van der Waals surface area contributed by atoms with E-state index in [2.05, 4.69) is 5.32 Å². The highest BCUT2D eigenvalue weighted by Gasteiger charge is 2.53. The molecule has 0 atom stereocenters. The third kappa shape index (κ3) is 2.14. The van der Waals surface area contributed by atoms with Crippen LogP contribution in [-0.4, -0.2) is 13.2 Å². The van der Waals surface area contributed by atoms with Crippen LogP contribution in [0.15, 0.2) is 18.2 Å². The van der Waals surface area contributed by atoms with Crippen LogP contribution in [-0.2, 0) is 0 Å². The predicted molar refractivity (Wildman–Crippen MR) is 74.9 cm³/mol. The first-order valence-electron chi connectivity index (χ1n) is 7.00. The van der Waals surface area contributed by atoms with Crippen molar-refractivity contribution in [3.63, 3.8) is 0 Å². The minimum Gasteiger partial charge on any atom is -0.492 e. The summed E-state index contributed by atoms with van der Waals surface area (Å²) in [7, 11) is 0. The first-order valence-corrected chi connectivity index (χ1v) is 7.00. The Morgan fingerprint density at radius 1 is 1.39 bits per heavy atom. The summed E-state index contributed by atoms with van der Waals surface area (Å²) in [5.74, 6) is 1.76. The molecule has 2 aliphatic rings. The molecular formula is C15H22N2O. The van der Waals surface area contributed by atoms with E-state index in [4.69, 9.17) is 10.5 Å². The molecule has 1 aromatic rings. The SMILES string of the molecule is CCOc1cccc(NCC2(C3CC3)CC2)c1N. The predicted octanol–water partition coefficient (Wildman–Crippen LogP) is 3.27. The van der Waals surface area contributed by atoms with E-state index in [0.29, 0.717) is 12.0 Å². The monoisotopic (exact) mass is 246 g/mol. The van der Waals surface area contributed by atoms with Gasteiger partial charge in [0.2, 0.25) is 0 Å². The van der Waals surface area contributed by atoms with E-state index < -0.39 is 0 Å². The first kappa shape index (κ1) is 11.7. The summed E-state index contributed by atoms with van der Waals surface area (Å²) >= 11 is 0. The van der Waals surface area contributed by atoms with Crippen molar-refractivity contribution >= 4 is 11.4 Å². The summed E-state index contributed by atoms with van der Waals surface area (Å²) < 4.78 is 5.52. The van der Waals surface area contributed by atoms with Gasteiger partial charge in [0.05, 0.1) is 18.0 Å². The summed E-state index contributed by atoms with van der Waals surface area (Å²) in [6.07, 6.45) is 5.62. The van der Waals surface area contributed by atoms with Crippen LogP contribution in [0.4, 0.5) is 11.4 Å². The van der Waals surface area contributed by atoms with Crippen LogP contribution in [0.1, 0.15) is 32.6 Å². The van der Waals surface area contributed by atoms with Gasteiger partial charge in [0.1, 0.15) is 5.75 Å². The molecule has 0 unspecified atom stereocenters. The van der Waals surface area contributed by atoms with Crippen LogP contribution < -0.4 is 15.8 Å². The largest absolute Gasteiger partial charge is 0.492 e. The first-order chi connectivity index (χ1) is 8.75. The molecule has 2 aliphatic carbocycles. The fraction of sp³-hybridized carbons (Fsp3) is 0.600. The van der Waals surface area contributed by atoms with Crippen molar-refractivity contribution in [2.75, 3.05) is 24.2 Å². The Morgan fingerprint density at radius 3 is 2.78 bits per heavy atom. The van der Waals surface area contributed by atoms with Gasteiger partial charge in [0.25, 0.3) is 0 Å². The van der Waals surface area contributed by atoms with Gasteiger partial charge < -0.3 is 15.8 Å². The summed E-state index contributed by atoms with van der Waals surface area (Å²) in [5.41, 5.74) is 8.48. The maximum Gasteiger partial charge on any atom is 0.144 e. The Kier molecular flexibility index (Phi) is 2.84. The Hall–Kier alpha value is -1.38. The summed E-state index contributed by atoms with van der Waals surface area (Å²) in [4.78, 5) is 0. The van der Waals surface area contributed by atoms with E-state index in [9.17, 15) is 0 Å². The second kappa shape index (κ2) is 4.38. The third-order valence-corrected chi connectivity index (χ3v) is 4.33. The molecule has 3 heteroatoms. The molecule has 0 amide bonds. The summed E-state index contributed by atoms with van der Waals surface area (Å²) in [6.45, 7) is 3.70. The molecule has 3 nitrogen and oxygen atoms in total. The van der Waals surface area contributed by atoms with Crippen molar-refractivity contribution in [2.24, 2.45) is 11.3 Å². The Morgan fingerprint density at radius 2 is 2.17 bits per heavy atom. The molecule has 2 saturated carbocycles. The van der Waals surface area contributed by atoms with E-state index in [-0.39, 0.29) is 0 Å². The molecule has 98 valence electrons. The van der Waals surface area contributed by atoms with Gasteiger partial charge >= 0.3 is 0 Å². The lowest BCUT2D eigenvalue weighted by Crippen LogP contribution is -2.18. The van der Waals surface area contributed by atoms with Gasteiger partial charge in [-0.3, -0.25) is 0 Å². The molecule has 3 N–H and O–H groups in total. The van der Waals surface area contributed by atoms with E-state index in [1.54, 1.807) is 0 Å². The maximum atomic E-state index is 6.12. The number of hydrogen-bond acceptors (Lipinski definition) is 3. The Bertz CT molecular complexity index is 436. The van der Waals surface area contributed by atoms with Gasteiger partial charge in [0.15, 0.2) is 0 Å². The van der Waals surface area contributed by atoms with Crippen molar-refractivity contribution in [1.82, 2.24) is 0 Å². The van der Waals surface area contributed by atoms with Crippen LogP contribution in [0.25, 0.3) is 0 Å². The Labute approximate surface area is 109 Å². The lowest BCUT2D eigenvalue weighted by atomic mass is 10.0. The number of nitrogen functional groups attached to an aromatic ring is 1. The zero-order valence-electron chi connectivity index (χ0n) is 11.0. The number of benzene rings is 1. The molecule has 3 rings (SSSR count). The molecule has 0 aliphatic heterocycles. The molecule has 0 saturated heterocycles. The normalized spacial score (nSPS) is 20.5. The van der Waals surface area contributed by atoms with Crippen molar-refractivity contribution in [1.29, 1.82) is 0 Å². The van der Waals surface area contributed by atoms with Crippen LogP contribution >= 0.6 is 0 Å². The van der Waals surface area contributed by atoms with E-state index in [1.165, 1.54) is 25.7 Å². The smallest absolute Gasteiger partial charge is 0.144 e. The van der Waals surface area contributed by atoms with Crippen molar-refractivity contribution in [2.45, 2.75) is 32.6 Å².